The van der Waals surface area contributed by atoms with Gasteiger partial charge in [-0.05, 0) is 12.5 Å². The minimum Gasteiger partial charge on any atom is -0.461 e. The average molecular weight is 339 g/mol. The number of fused-ring (bicyclic) bond motifs is 1. The van der Waals surface area contributed by atoms with Crippen molar-refractivity contribution in [1.29, 1.82) is 0 Å². The Balaban J connectivity index is 2.04. The van der Waals surface area contributed by atoms with Crippen molar-refractivity contribution in [3.05, 3.63) is 59.5 Å². The second-order valence-corrected chi connectivity index (χ2v) is 5.81. The van der Waals surface area contributed by atoms with Crippen molar-refractivity contribution in [2.24, 2.45) is 5.10 Å². The molecule has 130 valence electrons. The number of esters is 1. The molecule has 0 N–H and O–H groups in total. The van der Waals surface area contributed by atoms with Crippen LogP contribution in [0.25, 0.3) is 11.1 Å². The molecule has 1 aromatic carbocycles. The molecule has 0 saturated carbocycles. The van der Waals surface area contributed by atoms with Gasteiger partial charge in [0.15, 0.2) is 5.58 Å². The van der Waals surface area contributed by atoms with E-state index in [4.69, 9.17) is 9.15 Å². The van der Waals surface area contributed by atoms with E-state index in [0.29, 0.717) is 30.2 Å². The van der Waals surface area contributed by atoms with Crippen molar-refractivity contribution in [3.63, 3.8) is 0 Å². The van der Waals surface area contributed by atoms with Crippen molar-refractivity contribution in [3.8, 4) is 0 Å². The first-order valence-electron chi connectivity index (χ1n) is 8.14. The lowest BCUT2D eigenvalue weighted by Gasteiger charge is -2.09. The van der Waals surface area contributed by atoms with E-state index < -0.39 is 0 Å². The first kappa shape index (κ1) is 16.8. The van der Waals surface area contributed by atoms with Gasteiger partial charge in [0.2, 0.25) is 0 Å². The molecule has 6 heteroatoms. The van der Waals surface area contributed by atoms with Crippen LogP contribution in [-0.4, -0.2) is 42.5 Å². The lowest BCUT2D eigenvalue weighted by molar-refractivity contribution is 0.0515. The molecule has 0 bridgehead atoms. The number of benzene rings is 1. The summed E-state index contributed by atoms with van der Waals surface area (Å²) in [6, 6.07) is 13.6. The number of hydrogen-bond acceptors (Lipinski definition) is 5. The number of hydrazone groups is 1. The third-order valence-electron chi connectivity index (χ3n) is 3.69. The molecule has 3 rings (SSSR count). The summed E-state index contributed by atoms with van der Waals surface area (Å²) in [5.74, 6) is 0.282. The number of ether oxygens (including phenoxy) is 1. The number of furan rings is 1. The van der Waals surface area contributed by atoms with Crippen molar-refractivity contribution < 1.29 is 13.9 Å². The maximum Gasteiger partial charge on any atom is 0.355 e. The highest BCUT2D eigenvalue weighted by Crippen LogP contribution is 2.25. The molecule has 0 atom stereocenters. The second kappa shape index (κ2) is 7.25. The van der Waals surface area contributed by atoms with Gasteiger partial charge in [-0.2, -0.15) is 5.10 Å². The summed E-state index contributed by atoms with van der Waals surface area (Å²) in [4.78, 5) is 12.3. The molecule has 2 heterocycles. The Morgan fingerprint density at radius 3 is 2.72 bits per heavy atom. The molecule has 3 aromatic rings. The fourth-order valence-corrected chi connectivity index (χ4v) is 2.61. The van der Waals surface area contributed by atoms with Crippen LogP contribution in [0.4, 0.5) is 0 Å². The molecule has 2 aromatic heterocycles. The predicted octanol–water partition coefficient (Wildman–Crippen LogP) is 3.35. The zero-order chi connectivity index (χ0) is 17.8. The van der Waals surface area contributed by atoms with Crippen molar-refractivity contribution in [2.45, 2.75) is 13.5 Å². The van der Waals surface area contributed by atoms with E-state index >= 15 is 0 Å². The highest BCUT2D eigenvalue weighted by atomic mass is 16.5. The van der Waals surface area contributed by atoms with Crippen LogP contribution in [0, 0.1) is 0 Å². The van der Waals surface area contributed by atoms with E-state index in [-0.39, 0.29) is 5.97 Å². The molecule has 0 aliphatic carbocycles. The van der Waals surface area contributed by atoms with Crippen LogP contribution in [0.3, 0.4) is 0 Å². The minimum absolute atomic E-state index is 0.331. The summed E-state index contributed by atoms with van der Waals surface area (Å²) in [5, 5.41) is 5.87. The van der Waals surface area contributed by atoms with Crippen LogP contribution in [-0.2, 0) is 11.3 Å². The minimum atomic E-state index is -0.353. The van der Waals surface area contributed by atoms with E-state index in [1.54, 1.807) is 24.2 Å². The first-order valence-corrected chi connectivity index (χ1v) is 8.14. The number of carbonyl (C=O) groups excluding carboxylic acids is 1. The number of carbonyl (C=O) groups is 1. The van der Waals surface area contributed by atoms with E-state index in [2.05, 4.69) is 5.10 Å². The Bertz CT molecular complexity index is 891. The predicted molar refractivity (Wildman–Crippen MR) is 97.0 cm³/mol. The number of rotatable bonds is 6. The molecule has 0 unspecified atom stereocenters. The molecule has 0 fully saturated rings. The Morgan fingerprint density at radius 1 is 1.28 bits per heavy atom. The Hall–Kier alpha value is -3.02. The molecule has 0 spiro atoms. The van der Waals surface area contributed by atoms with Crippen LogP contribution in [0.2, 0.25) is 0 Å². The molecule has 6 nitrogen and oxygen atoms in total. The maximum atomic E-state index is 12.3. The van der Waals surface area contributed by atoms with Gasteiger partial charge in [-0.1, -0.05) is 30.3 Å². The van der Waals surface area contributed by atoms with Gasteiger partial charge in [0.05, 0.1) is 18.3 Å². The van der Waals surface area contributed by atoms with Gasteiger partial charge in [0.25, 0.3) is 0 Å². The lowest BCUT2D eigenvalue weighted by atomic mass is 10.2. The van der Waals surface area contributed by atoms with Crippen LogP contribution in [0.5, 0.6) is 0 Å². The number of nitrogens with zero attached hydrogens (tertiary/aromatic N) is 3. The van der Waals surface area contributed by atoms with Crippen LogP contribution in [0.15, 0.2) is 52.0 Å². The average Bonchev–Trinajstić information content (AvgIpc) is 3.13. The second-order valence-electron chi connectivity index (χ2n) is 5.81. The molecule has 0 amide bonds. The van der Waals surface area contributed by atoms with Gasteiger partial charge in [-0.3, -0.25) is 0 Å². The topological polar surface area (TPSA) is 60.0 Å². The zero-order valence-electron chi connectivity index (χ0n) is 14.6. The highest BCUT2D eigenvalue weighted by molar-refractivity contribution is 5.95. The molecule has 25 heavy (non-hydrogen) atoms. The van der Waals surface area contributed by atoms with Gasteiger partial charge < -0.3 is 18.7 Å². The summed E-state index contributed by atoms with van der Waals surface area (Å²) < 4.78 is 12.9. The SMILES string of the molecule is CCOC(=O)c1cc2oc(/C=N/N(C)C)cc2n1Cc1ccccc1. The Labute approximate surface area is 146 Å². The van der Waals surface area contributed by atoms with Crippen molar-refractivity contribution >= 4 is 23.3 Å². The molecule has 0 radical (unpaired) electrons. The quantitative estimate of drug-likeness (QED) is 0.392. The van der Waals surface area contributed by atoms with Gasteiger partial charge in [0.1, 0.15) is 11.5 Å². The van der Waals surface area contributed by atoms with Crippen molar-refractivity contribution in [2.75, 3.05) is 20.7 Å². The fraction of sp³-hybridized carbons (Fsp3) is 0.263. The fourth-order valence-electron chi connectivity index (χ4n) is 2.61. The molecule has 0 aliphatic rings. The third-order valence-corrected chi connectivity index (χ3v) is 3.69. The summed E-state index contributed by atoms with van der Waals surface area (Å²) in [6.07, 6.45) is 1.65. The van der Waals surface area contributed by atoms with Gasteiger partial charge in [-0.15, -0.1) is 0 Å². The van der Waals surface area contributed by atoms with Crippen LogP contribution in [0.1, 0.15) is 28.7 Å². The van der Waals surface area contributed by atoms with Crippen molar-refractivity contribution in [1.82, 2.24) is 9.58 Å². The Kier molecular flexibility index (Phi) is 4.88. The van der Waals surface area contributed by atoms with Gasteiger partial charge >= 0.3 is 5.97 Å². The summed E-state index contributed by atoms with van der Waals surface area (Å²) in [5.41, 5.74) is 3.05. The maximum absolute atomic E-state index is 12.3. The van der Waals surface area contributed by atoms with Crippen LogP contribution >= 0.6 is 0 Å². The Morgan fingerprint density at radius 2 is 2.04 bits per heavy atom. The van der Waals surface area contributed by atoms with E-state index in [1.807, 2.05) is 55.1 Å². The normalized spacial score (nSPS) is 11.3. The summed E-state index contributed by atoms with van der Waals surface area (Å²) in [6.45, 7) is 2.68. The molecular weight excluding hydrogens is 318 g/mol. The zero-order valence-corrected chi connectivity index (χ0v) is 14.6. The third kappa shape index (κ3) is 3.74. The molecule has 0 saturated heterocycles. The largest absolute Gasteiger partial charge is 0.461 e. The monoisotopic (exact) mass is 339 g/mol. The standard InChI is InChI=1S/C19H21N3O3/c1-4-24-19(23)17-11-18-16(10-15(25-18)12-20-21(2)3)22(17)13-14-8-6-5-7-9-14/h5-12H,4,13H2,1-3H3/b20-12+. The molecular formula is C19H21N3O3. The lowest BCUT2D eigenvalue weighted by Crippen LogP contribution is -2.12. The number of hydrogen-bond donors (Lipinski definition) is 0. The van der Waals surface area contributed by atoms with Gasteiger partial charge in [0, 0.05) is 32.8 Å². The molecule has 0 aliphatic heterocycles. The summed E-state index contributed by atoms with van der Waals surface area (Å²) in [7, 11) is 3.68. The van der Waals surface area contributed by atoms with E-state index in [1.165, 1.54) is 0 Å². The first-order chi connectivity index (χ1) is 12.1. The van der Waals surface area contributed by atoms with E-state index in [9.17, 15) is 4.79 Å². The number of aromatic nitrogens is 1. The van der Waals surface area contributed by atoms with Crippen LogP contribution < -0.4 is 0 Å². The van der Waals surface area contributed by atoms with Gasteiger partial charge in [-0.25, -0.2) is 4.79 Å². The smallest absolute Gasteiger partial charge is 0.355 e. The van der Waals surface area contributed by atoms with E-state index in [0.717, 1.165) is 11.1 Å². The highest BCUT2D eigenvalue weighted by Gasteiger charge is 2.20. The summed E-state index contributed by atoms with van der Waals surface area (Å²) >= 11 is 0.